The lowest BCUT2D eigenvalue weighted by atomic mass is 10.2. The lowest BCUT2D eigenvalue weighted by Crippen LogP contribution is -2.34. The van der Waals surface area contributed by atoms with Crippen molar-refractivity contribution >= 4 is 38.6 Å². The molecule has 2 amide bonds. The van der Waals surface area contributed by atoms with E-state index in [9.17, 15) is 4.79 Å². The number of fused-ring (bicyclic) bond motifs is 1. The molecular weight excluding hydrogens is 306 g/mol. The number of anilines is 1. The van der Waals surface area contributed by atoms with Gasteiger partial charge in [0.25, 0.3) is 0 Å². The molecule has 1 N–H and O–H groups in total. The number of amides is 2. The van der Waals surface area contributed by atoms with Crippen molar-refractivity contribution < 1.29 is 4.79 Å². The first-order valence-electron chi connectivity index (χ1n) is 6.26. The van der Waals surface area contributed by atoms with Crippen LogP contribution in [0.15, 0.2) is 34.9 Å². The second-order valence-electron chi connectivity index (χ2n) is 4.13. The predicted molar refractivity (Wildman–Crippen MR) is 81.4 cm³/mol. The average molecular weight is 322 g/mol. The predicted octanol–water partition coefficient (Wildman–Crippen LogP) is 3.87. The van der Waals surface area contributed by atoms with E-state index in [-0.39, 0.29) is 6.03 Å². The second kappa shape index (κ2) is 6.02. The summed E-state index contributed by atoms with van der Waals surface area (Å²) < 4.78 is 0.923. The number of hydrogen-bond donors (Lipinski definition) is 1. The number of rotatable bonds is 3. The van der Waals surface area contributed by atoms with Crippen molar-refractivity contribution in [1.82, 2.24) is 9.88 Å². The van der Waals surface area contributed by atoms with Gasteiger partial charge in [-0.1, -0.05) is 12.1 Å². The van der Waals surface area contributed by atoms with E-state index in [4.69, 9.17) is 0 Å². The summed E-state index contributed by atoms with van der Waals surface area (Å²) in [5, 5.41) is 3.91. The van der Waals surface area contributed by atoms with E-state index in [1.54, 1.807) is 11.1 Å². The molecule has 0 spiro atoms. The van der Waals surface area contributed by atoms with E-state index in [1.807, 2.05) is 38.1 Å². The van der Waals surface area contributed by atoms with Gasteiger partial charge in [-0.3, -0.25) is 4.98 Å². The maximum absolute atomic E-state index is 12.1. The minimum Gasteiger partial charge on any atom is -0.325 e. The van der Waals surface area contributed by atoms with Crippen LogP contribution in [-0.2, 0) is 0 Å². The minimum absolute atomic E-state index is 0.0952. The zero-order valence-corrected chi connectivity index (χ0v) is 12.6. The van der Waals surface area contributed by atoms with Gasteiger partial charge in [0.1, 0.15) is 0 Å². The molecule has 0 aliphatic rings. The number of para-hydroxylation sites is 1. The van der Waals surface area contributed by atoms with Crippen molar-refractivity contribution in [2.75, 3.05) is 18.4 Å². The van der Waals surface area contributed by atoms with Crippen molar-refractivity contribution in [2.45, 2.75) is 13.8 Å². The van der Waals surface area contributed by atoms with E-state index in [0.29, 0.717) is 13.1 Å². The number of halogens is 1. The van der Waals surface area contributed by atoms with Crippen LogP contribution < -0.4 is 5.32 Å². The Kier molecular flexibility index (Phi) is 4.37. The number of aromatic nitrogens is 1. The smallest absolute Gasteiger partial charge is 0.321 e. The number of urea groups is 1. The molecular formula is C14H16BrN3O. The van der Waals surface area contributed by atoms with Crippen molar-refractivity contribution in [1.29, 1.82) is 0 Å². The average Bonchev–Trinajstić information content (AvgIpc) is 2.40. The quantitative estimate of drug-likeness (QED) is 0.932. The lowest BCUT2D eigenvalue weighted by Gasteiger charge is -2.19. The van der Waals surface area contributed by atoms with Crippen molar-refractivity contribution in [3.05, 3.63) is 34.9 Å². The zero-order chi connectivity index (χ0) is 13.8. The fourth-order valence-electron chi connectivity index (χ4n) is 1.94. The Morgan fingerprint density at radius 2 is 2.11 bits per heavy atom. The third-order valence-electron chi connectivity index (χ3n) is 2.97. The van der Waals surface area contributed by atoms with Crippen LogP contribution in [0.3, 0.4) is 0 Å². The highest BCUT2D eigenvalue weighted by atomic mass is 79.9. The maximum Gasteiger partial charge on any atom is 0.321 e. The monoisotopic (exact) mass is 321 g/mol. The van der Waals surface area contributed by atoms with E-state index in [1.165, 1.54) is 0 Å². The molecule has 0 saturated heterocycles. The van der Waals surface area contributed by atoms with Gasteiger partial charge in [-0.2, -0.15) is 0 Å². The molecule has 0 unspecified atom stereocenters. The summed E-state index contributed by atoms with van der Waals surface area (Å²) in [6.07, 6.45) is 1.73. The second-order valence-corrected chi connectivity index (χ2v) is 5.05. The summed E-state index contributed by atoms with van der Waals surface area (Å²) in [6.45, 7) is 5.29. The van der Waals surface area contributed by atoms with Crippen LogP contribution in [0, 0.1) is 0 Å². The van der Waals surface area contributed by atoms with Crippen LogP contribution in [0.1, 0.15) is 13.8 Å². The van der Waals surface area contributed by atoms with Crippen molar-refractivity contribution in [3.8, 4) is 0 Å². The number of hydrogen-bond acceptors (Lipinski definition) is 2. The molecule has 1 heterocycles. The number of nitrogens with zero attached hydrogens (tertiary/aromatic N) is 2. The molecule has 0 radical (unpaired) electrons. The van der Waals surface area contributed by atoms with Gasteiger partial charge in [0, 0.05) is 29.1 Å². The van der Waals surface area contributed by atoms with E-state index in [0.717, 1.165) is 21.1 Å². The number of carbonyl (C=O) groups excluding carboxylic acids is 1. The van der Waals surface area contributed by atoms with Crippen LogP contribution in [0.4, 0.5) is 10.5 Å². The molecule has 0 bridgehead atoms. The van der Waals surface area contributed by atoms with E-state index < -0.39 is 0 Å². The Labute approximate surface area is 120 Å². The third kappa shape index (κ3) is 3.04. The molecule has 1 aromatic carbocycles. The number of nitrogens with one attached hydrogen (secondary N) is 1. The van der Waals surface area contributed by atoms with Crippen LogP contribution in [-0.4, -0.2) is 29.0 Å². The summed E-state index contributed by atoms with van der Waals surface area (Å²) >= 11 is 3.40. The van der Waals surface area contributed by atoms with Gasteiger partial charge in [0.05, 0.1) is 11.2 Å². The Bertz CT molecular complexity index is 596. The largest absolute Gasteiger partial charge is 0.325 e. The van der Waals surface area contributed by atoms with Crippen LogP contribution in [0.25, 0.3) is 10.9 Å². The molecule has 2 aromatic rings. The summed E-state index contributed by atoms with van der Waals surface area (Å²) in [5.41, 5.74) is 1.54. The topological polar surface area (TPSA) is 45.2 Å². The van der Waals surface area contributed by atoms with E-state index in [2.05, 4.69) is 26.2 Å². The van der Waals surface area contributed by atoms with Crippen molar-refractivity contribution in [3.63, 3.8) is 0 Å². The SMILES string of the molecule is CCN(CC)C(=O)Nc1cccc2cc(Br)cnc12. The number of pyridine rings is 1. The van der Waals surface area contributed by atoms with Gasteiger partial charge < -0.3 is 10.2 Å². The summed E-state index contributed by atoms with van der Waals surface area (Å²) in [7, 11) is 0. The van der Waals surface area contributed by atoms with Crippen LogP contribution in [0.5, 0.6) is 0 Å². The Morgan fingerprint density at radius 1 is 1.37 bits per heavy atom. The van der Waals surface area contributed by atoms with Gasteiger partial charge >= 0.3 is 6.03 Å². The highest BCUT2D eigenvalue weighted by Gasteiger charge is 2.11. The molecule has 2 rings (SSSR count). The van der Waals surface area contributed by atoms with Gasteiger partial charge in [0.15, 0.2) is 0 Å². The van der Waals surface area contributed by atoms with Crippen LogP contribution >= 0.6 is 15.9 Å². The molecule has 0 saturated carbocycles. The van der Waals surface area contributed by atoms with Gasteiger partial charge in [-0.15, -0.1) is 0 Å². The fraction of sp³-hybridized carbons (Fsp3) is 0.286. The summed E-state index contributed by atoms with van der Waals surface area (Å²) in [4.78, 5) is 18.2. The normalized spacial score (nSPS) is 10.5. The first-order valence-corrected chi connectivity index (χ1v) is 7.05. The minimum atomic E-state index is -0.0952. The van der Waals surface area contributed by atoms with Gasteiger partial charge in [-0.05, 0) is 41.9 Å². The molecule has 19 heavy (non-hydrogen) atoms. The highest BCUT2D eigenvalue weighted by Crippen LogP contribution is 2.24. The molecule has 0 atom stereocenters. The molecule has 4 nitrogen and oxygen atoms in total. The molecule has 0 fully saturated rings. The molecule has 5 heteroatoms. The first kappa shape index (κ1) is 13.8. The standard InChI is InChI=1S/C14H16BrN3O/c1-3-18(4-2)14(19)17-12-7-5-6-10-8-11(15)9-16-13(10)12/h5-9H,3-4H2,1-2H3,(H,17,19). The maximum atomic E-state index is 12.1. The molecule has 0 aliphatic carbocycles. The zero-order valence-electron chi connectivity index (χ0n) is 11.0. The van der Waals surface area contributed by atoms with Gasteiger partial charge in [0.2, 0.25) is 0 Å². The van der Waals surface area contributed by atoms with Crippen LogP contribution in [0.2, 0.25) is 0 Å². The molecule has 0 aliphatic heterocycles. The van der Waals surface area contributed by atoms with Gasteiger partial charge in [-0.25, -0.2) is 4.79 Å². The fourth-order valence-corrected chi connectivity index (χ4v) is 2.29. The Balaban J connectivity index is 2.33. The summed E-state index contributed by atoms with van der Waals surface area (Å²) in [6, 6.07) is 7.64. The molecule has 1 aromatic heterocycles. The highest BCUT2D eigenvalue weighted by molar-refractivity contribution is 9.10. The number of carbonyl (C=O) groups is 1. The number of benzene rings is 1. The summed E-state index contributed by atoms with van der Waals surface area (Å²) in [5.74, 6) is 0. The Hall–Kier alpha value is -1.62. The molecule has 100 valence electrons. The lowest BCUT2D eigenvalue weighted by molar-refractivity contribution is 0.217. The Morgan fingerprint density at radius 3 is 2.79 bits per heavy atom. The van der Waals surface area contributed by atoms with Crippen molar-refractivity contribution in [2.24, 2.45) is 0 Å². The third-order valence-corrected chi connectivity index (χ3v) is 3.40. The first-order chi connectivity index (χ1) is 9.15. The van der Waals surface area contributed by atoms with E-state index >= 15 is 0 Å².